The summed E-state index contributed by atoms with van der Waals surface area (Å²) in [6.07, 6.45) is 1.75. The van der Waals surface area contributed by atoms with E-state index in [0.29, 0.717) is 12.3 Å². The molecule has 5 heteroatoms. The molecule has 0 unspecified atom stereocenters. The number of anilines is 1. The monoisotopic (exact) mass is 322 g/mol. The van der Waals surface area contributed by atoms with E-state index in [4.69, 9.17) is 4.74 Å². The van der Waals surface area contributed by atoms with Crippen molar-refractivity contribution in [2.75, 3.05) is 12.4 Å². The van der Waals surface area contributed by atoms with Crippen LogP contribution in [0.5, 0.6) is 11.5 Å². The molecule has 4 nitrogen and oxygen atoms in total. The van der Waals surface area contributed by atoms with Gasteiger partial charge < -0.3 is 15.2 Å². The number of phenolic OH excluding ortho intramolecular Hbond substituents is 1. The van der Waals surface area contributed by atoms with Gasteiger partial charge in [0.2, 0.25) is 0 Å². The Bertz CT molecular complexity index is 588. The average Bonchev–Trinajstić information content (AvgIpc) is 2.41. The lowest BCUT2D eigenvalue weighted by Crippen LogP contribution is -2.02. The minimum Gasteiger partial charge on any atom is -0.504 e. The summed E-state index contributed by atoms with van der Waals surface area (Å²) >= 11 is 3.41. The Morgan fingerprint density at radius 1 is 1.42 bits per heavy atom. The van der Waals surface area contributed by atoms with Crippen molar-refractivity contribution in [3.8, 4) is 11.5 Å². The number of benzene rings is 1. The SMILES string of the molecule is COc1cccc(CNc2cc(C)c(Br)cn2)c1O. The Labute approximate surface area is 120 Å². The summed E-state index contributed by atoms with van der Waals surface area (Å²) < 4.78 is 6.05. The lowest BCUT2D eigenvalue weighted by atomic mass is 10.2. The molecule has 0 atom stereocenters. The van der Waals surface area contributed by atoms with Crippen LogP contribution in [0.25, 0.3) is 0 Å². The number of phenols is 1. The Hall–Kier alpha value is -1.75. The van der Waals surface area contributed by atoms with E-state index in [0.717, 1.165) is 21.4 Å². The second kappa shape index (κ2) is 5.93. The number of aromatic hydroxyl groups is 1. The molecule has 0 radical (unpaired) electrons. The van der Waals surface area contributed by atoms with Gasteiger partial charge in [-0.3, -0.25) is 0 Å². The van der Waals surface area contributed by atoms with Gasteiger partial charge >= 0.3 is 0 Å². The molecule has 19 heavy (non-hydrogen) atoms. The summed E-state index contributed by atoms with van der Waals surface area (Å²) in [4.78, 5) is 4.26. The van der Waals surface area contributed by atoms with Crippen LogP contribution in [0.3, 0.4) is 0 Å². The van der Waals surface area contributed by atoms with Gasteiger partial charge in [-0.25, -0.2) is 4.98 Å². The van der Waals surface area contributed by atoms with E-state index in [2.05, 4.69) is 26.2 Å². The highest BCUT2D eigenvalue weighted by Gasteiger charge is 2.07. The van der Waals surface area contributed by atoms with Gasteiger partial charge in [-0.05, 0) is 40.5 Å². The summed E-state index contributed by atoms with van der Waals surface area (Å²) in [6.45, 7) is 2.48. The van der Waals surface area contributed by atoms with Crippen LogP contribution >= 0.6 is 15.9 Å². The molecule has 2 N–H and O–H groups in total. The number of halogens is 1. The van der Waals surface area contributed by atoms with E-state index in [1.165, 1.54) is 7.11 Å². The fourth-order valence-corrected chi connectivity index (χ4v) is 1.91. The topological polar surface area (TPSA) is 54.4 Å². The van der Waals surface area contributed by atoms with E-state index in [-0.39, 0.29) is 5.75 Å². The molecular weight excluding hydrogens is 308 g/mol. The molecule has 0 spiro atoms. The van der Waals surface area contributed by atoms with Crippen LogP contribution < -0.4 is 10.1 Å². The highest BCUT2D eigenvalue weighted by molar-refractivity contribution is 9.10. The number of aromatic nitrogens is 1. The third-order valence-electron chi connectivity index (χ3n) is 2.81. The first-order valence-corrected chi connectivity index (χ1v) is 6.62. The molecule has 100 valence electrons. The maximum Gasteiger partial charge on any atom is 0.162 e. The lowest BCUT2D eigenvalue weighted by Gasteiger charge is -2.10. The van der Waals surface area contributed by atoms with Gasteiger partial charge in [0, 0.05) is 22.8 Å². The third kappa shape index (κ3) is 3.17. The van der Waals surface area contributed by atoms with Gasteiger partial charge in [-0.15, -0.1) is 0 Å². The van der Waals surface area contributed by atoms with Crippen molar-refractivity contribution < 1.29 is 9.84 Å². The number of para-hydroxylation sites is 1. The molecule has 2 aromatic rings. The van der Waals surface area contributed by atoms with Crippen LogP contribution in [0.1, 0.15) is 11.1 Å². The molecule has 0 bridgehead atoms. The molecule has 2 rings (SSSR count). The number of pyridine rings is 1. The fourth-order valence-electron chi connectivity index (χ4n) is 1.70. The highest BCUT2D eigenvalue weighted by Crippen LogP contribution is 2.29. The number of hydrogen-bond donors (Lipinski definition) is 2. The zero-order valence-electron chi connectivity index (χ0n) is 10.8. The van der Waals surface area contributed by atoms with Crippen LogP contribution in [0.4, 0.5) is 5.82 Å². The lowest BCUT2D eigenvalue weighted by molar-refractivity contribution is 0.371. The van der Waals surface area contributed by atoms with Crippen LogP contribution in [0.15, 0.2) is 34.9 Å². The minimum absolute atomic E-state index is 0.159. The average molecular weight is 323 g/mol. The fraction of sp³-hybridized carbons (Fsp3) is 0.214. The molecule has 0 saturated carbocycles. The normalized spacial score (nSPS) is 10.3. The molecule has 0 aliphatic carbocycles. The summed E-state index contributed by atoms with van der Waals surface area (Å²) in [7, 11) is 1.53. The summed E-state index contributed by atoms with van der Waals surface area (Å²) in [5.41, 5.74) is 1.87. The Morgan fingerprint density at radius 3 is 2.89 bits per heavy atom. The largest absolute Gasteiger partial charge is 0.504 e. The van der Waals surface area contributed by atoms with Gasteiger partial charge in [0.1, 0.15) is 5.82 Å². The standard InChI is InChI=1S/C14H15BrN2O2/c1-9-6-13(17-8-11(9)15)16-7-10-4-3-5-12(19-2)14(10)18/h3-6,8,18H,7H2,1-2H3,(H,16,17). The molecule has 0 amide bonds. The second-order valence-electron chi connectivity index (χ2n) is 4.14. The molecule has 0 fully saturated rings. The molecule has 1 aromatic carbocycles. The number of methoxy groups -OCH3 is 1. The number of aryl methyl sites for hydroxylation is 1. The maximum absolute atomic E-state index is 9.97. The maximum atomic E-state index is 9.97. The van der Waals surface area contributed by atoms with Crippen molar-refractivity contribution in [2.24, 2.45) is 0 Å². The predicted molar refractivity (Wildman–Crippen MR) is 78.7 cm³/mol. The van der Waals surface area contributed by atoms with Crippen LogP contribution in [-0.4, -0.2) is 17.2 Å². The van der Waals surface area contributed by atoms with Gasteiger partial charge in [0.15, 0.2) is 11.5 Å². The number of nitrogens with zero attached hydrogens (tertiary/aromatic N) is 1. The van der Waals surface area contributed by atoms with Crippen molar-refractivity contribution in [3.05, 3.63) is 46.1 Å². The van der Waals surface area contributed by atoms with Gasteiger partial charge in [0.25, 0.3) is 0 Å². The van der Waals surface area contributed by atoms with Crippen molar-refractivity contribution in [1.29, 1.82) is 0 Å². The predicted octanol–water partition coefficient (Wildman–Crippen LogP) is 3.48. The Kier molecular flexibility index (Phi) is 4.27. The first-order valence-electron chi connectivity index (χ1n) is 5.82. The van der Waals surface area contributed by atoms with E-state index >= 15 is 0 Å². The second-order valence-corrected chi connectivity index (χ2v) is 4.99. The molecule has 0 aliphatic rings. The van der Waals surface area contributed by atoms with Crippen LogP contribution in [0, 0.1) is 6.92 Å². The van der Waals surface area contributed by atoms with Crippen LogP contribution in [0.2, 0.25) is 0 Å². The third-order valence-corrected chi connectivity index (χ3v) is 3.64. The zero-order chi connectivity index (χ0) is 13.8. The molecule has 0 saturated heterocycles. The number of hydrogen-bond acceptors (Lipinski definition) is 4. The number of ether oxygens (including phenoxy) is 1. The molecule has 1 heterocycles. The number of nitrogens with one attached hydrogen (secondary N) is 1. The first kappa shape index (κ1) is 13.7. The first-order chi connectivity index (χ1) is 9.11. The van der Waals surface area contributed by atoms with Crippen molar-refractivity contribution in [2.45, 2.75) is 13.5 Å². The molecular formula is C14H15BrN2O2. The Morgan fingerprint density at radius 2 is 2.21 bits per heavy atom. The van der Waals surface area contributed by atoms with E-state index in [1.807, 2.05) is 25.1 Å². The van der Waals surface area contributed by atoms with Crippen LogP contribution in [-0.2, 0) is 6.54 Å². The summed E-state index contributed by atoms with van der Waals surface area (Å²) in [6, 6.07) is 7.36. The van der Waals surface area contributed by atoms with Crippen molar-refractivity contribution in [3.63, 3.8) is 0 Å². The van der Waals surface area contributed by atoms with E-state index in [1.54, 1.807) is 12.3 Å². The van der Waals surface area contributed by atoms with Crippen molar-refractivity contribution in [1.82, 2.24) is 4.98 Å². The highest BCUT2D eigenvalue weighted by atomic mass is 79.9. The van der Waals surface area contributed by atoms with Gasteiger partial charge in [-0.2, -0.15) is 0 Å². The van der Waals surface area contributed by atoms with Gasteiger partial charge in [-0.1, -0.05) is 12.1 Å². The summed E-state index contributed by atoms with van der Waals surface area (Å²) in [5, 5.41) is 13.1. The molecule has 1 aromatic heterocycles. The zero-order valence-corrected chi connectivity index (χ0v) is 12.4. The number of rotatable bonds is 4. The van der Waals surface area contributed by atoms with Gasteiger partial charge in [0.05, 0.1) is 7.11 Å². The van der Waals surface area contributed by atoms with E-state index < -0.39 is 0 Å². The summed E-state index contributed by atoms with van der Waals surface area (Å²) in [5.74, 6) is 1.40. The van der Waals surface area contributed by atoms with Crippen molar-refractivity contribution >= 4 is 21.7 Å². The molecule has 0 aliphatic heterocycles. The smallest absolute Gasteiger partial charge is 0.162 e. The minimum atomic E-state index is 0.159. The van der Waals surface area contributed by atoms with E-state index in [9.17, 15) is 5.11 Å². The Balaban J connectivity index is 2.12. The quantitative estimate of drug-likeness (QED) is 0.904.